The number of amides is 1. The van der Waals surface area contributed by atoms with E-state index < -0.39 is 5.91 Å². The number of aromatic nitrogens is 1. The van der Waals surface area contributed by atoms with Gasteiger partial charge in [-0.15, -0.1) is 0 Å². The molecule has 5 rings (SSSR count). The van der Waals surface area contributed by atoms with Crippen molar-refractivity contribution >= 4 is 11.7 Å². The lowest BCUT2D eigenvalue weighted by Gasteiger charge is -2.27. The Balaban J connectivity index is 1.57. The molecule has 0 saturated carbocycles. The number of ether oxygens (including phenoxy) is 2. The maximum Gasteiger partial charge on any atom is 0.248 e. The number of pyridine rings is 1. The maximum atomic E-state index is 13.1. The number of nitrogens with two attached hydrogens (primary N) is 1. The Morgan fingerprint density at radius 1 is 0.971 bits per heavy atom. The number of rotatable bonds is 6. The van der Waals surface area contributed by atoms with Gasteiger partial charge in [0.15, 0.2) is 5.78 Å². The Hall–Kier alpha value is -4.45. The van der Waals surface area contributed by atoms with Crippen LogP contribution in [0.5, 0.6) is 11.5 Å². The van der Waals surface area contributed by atoms with Gasteiger partial charge in [-0.2, -0.15) is 0 Å². The number of Topliss-reactive ketones (excluding diaryl/α,β-unsaturated/α-hetero) is 1. The number of carbonyl (C=O) groups excluding carboxylic acids is 2. The van der Waals surface area contributed by atoms with Crippen LogP contribution in [0.3, 0.4) is 0 Å². The lowest BCUT2D eigenvalue weighted by Crippen LogP contribution is -2.20. The zero-order chi connectivity index (χ0) is 23.5. The second-order valence-electron chi connectivity index (χ2n) is 8.08. The molecule has 1 atom stereocenters. The molecule has 0 unspecified atom stereocenters. The van der Waals surface area contributed by atoms with Crippen molar-refractivity contribution in [2.45, 2.75) is 19.1 Å². The molecule has 2 heterocycles. The van der Waals surface area contributed by atoms with Gasteiger partial charge in [0.2, 0.25) is 5.91 Å². The van der Waals surface area contributed by atoms with Crippen LogP contribution in [0.1, 0.15) is 44.4 Å². The number of hydrogen-bond acceptors (Lipinski definition) is 5. The second-order valence-corrected chi connectivity index (χ2v) is 8.08. The second kappa shape index (κ2) is 9.19. The fourth-order valence-electron chi connectivity index (χ4n) is 4.03. The number of primary amides is 1. The van der Waals surface area contributed by atoms with Gasteiger partial charge in [0.05, 0.1) is 12.0 Å². The zero-order valence-electron chi connectivity index (χ0n) is 18.3. The van der Waals surface area contributed by atoms with Gasteiger partial charge in [0.25, 0.3) is 0 Å². The monoisotopic (exact) mass is 450 g/mol. The number of fused-ring (bicyclic) bond motifs is 1. The highest BCUT2D eigenvalue weighted by molar-refractivity contribution is 6.02. The van der Waals surface area contributed by atoms with Crippen molar-refractivity contribution in [1.82, 2.24) is 4.98 Å². The molecule has 0 bridgehead atoms. The molecule has 4 aromatic rings. The van der Waals surface area contributed by atoms with E-state index in [9.17, 15) is 9.59 Å². The van der Waals surface area contributed by atoms with Crippen molar-refractivity contribution in [3.8, 4) is 22.6 Å². The Morgan fingerprint density at radius 2 is 1.76 bits per heavy atom. The van der Waals surface area contributed by atoms with Crippen LogP contribution < -0.4 is 15.2 Å². The van der Waals surface area contributed by atoms with E-state index in [1.807, 2.05) is 48.5 Å². The largest absolute Gasteiger partial charge is 0.488 e. The molecule has 0 fully saturated rings. The first-order valence-electron chi connectivity index (χ1n) is 10.9. The summed E-state index contributed by atoms with van der Waals surface area (Å²) in [6, 6.07) is 23.9. The van der Waals surface area contributed by atoms with Gasteiger partial charge in [-0.1, -0.05) is 42.5 Å². The summed E-state index contributed by atoms with van der Waals surface area (Å²) in [6.07, 6.45) is 3.29. The number of benzene rings is 3. The van der Waals surface area contributed by atoms with Gasteiger partial charge in [0, 0.05) is 29.6 Å². The maximum absolute atomic E-state index is 13.1. The summed E-state index contributed by atoms with van der Waals surface area (Å²) >= 11 is 0. The summed E-state index contributed by atoms with van der Waals surface area (Å²) < 4.78 is 12.4. The van der Waals surface area contributed by atoms with E-state index in [0.717, 1.165) is 16.7 Å². The van der Waals surface area contributed by atoms with Gasteiger partial charge >= 0.3 is 0 Å². The zero-order valence-corrected chi connectivity index (χ0v) is 18.3. The minimum atomic E-state index is -0.524. The molecule has 6 heteroatoms. The minimum Gasteiger partial charge on any atom is -0.488 e. The molecule has 2 N–H and O–H groups in total. The summed E-state index contributed by atoms with van der Waals surface area (Å²) in [6.45, 7) is 0.305. The van der Waals surface area contributed by atoms with E-state index >= 15 is 0 Å². The lowest BCUT2D eigenvalue weighted by molar-refractivity contribution is 0.0849. The first-order chi connectivity index (χ1) is 16.6. The SMILES string of the molecule is NC(=O)c1cccc(-c2cc3c(cc2OCc2ccncc2)O[C@H](c2ccccc2)CC3=O)c1. The van der Waals surface area contributed by atoms with Crippen LogP contribution in [0.25, 0.3) is 11.1 Å². The fraction of sp³-hybridized carbons (Fsp3) is 0.107. The number of carbonyl (C=O) groups is 2. The standard InChI is InChI=1S/C28H22N2O4/c29-28(32)21-8-4-7-20(13-21)22-14-23-24(31)15-25(19-5-2-1-3-6-19)34-27(23)16-26(22)33-17-18-9-11-30-12-10-18/h1-14,16,25H,15,17H2,(H2,29,32)/t25-/m0/s1. The van der Waals surface area contributed by atoms with Crippen LogP contribution in [0, 0.1) is 0 Å². The lowest BCUT2D eigenvalue weighted by atomic mass is 9.92. The summed E-state index contributed by atoms with van der Waals surface area (Å²) in [7, 11) is 0. The molecule has 0 radical (unpaired) electrons. The minimum absolute atomic E-state index is 0.0110. The molecule has 1 aromatic heterocycles. The molecule has 1 aliphatic heterocycles. The third-order valence-corrected chi connectivity index (χ3v) is 5.80. The van der Waals surface area contributed by atoms with Crippen molar-refractivity contribution in [3.63, 3.8) is 0 Å². The van der Waals surface area contributed by atoms with E-state index in [1.54, 1.807) is 42.7 Å². The van der Waals surface area contributed by atoms with Crippen LogP contribution in [0.4, 0.5) is 0 Å². The molecule has 168 valence electrons. The Morgan fingerprint density at radius 3 is 2.53 bits per heavy atom. The first-order valence-corrected chi connectivity index (χ1v) is 10.9. The molecule has 1 aliphatic rings. The highest BCUT2D eigenvalue weighted by atomic mass is 16.5. The van der Waals surface area contributed by atoms with Gasteiger partial charge < -0.3 is 15.2 Å². The van der Waals surface area contributed by atoms with Gasteiger partial charge in [-0.05, 0) is 47.0 Å². The average molecular weight is 450 g/mol. The molecule has 1 amide bonds. The fourth-order valence-corrected chi connectivity index (χ4v) is 4.03. The topological polar surface area (TPSA) is 91.5 Å². The van der Waals surface area contributed by atoms with Crippen molar-refractivity contribution in [3.05, 3.63) is 114 Å². The number of nitrogens with zero attached hydrogens (tertiary/aromatic N) is 1. The van der Waals surface area contributed by atoms with Crippen molar-refractivity contribution in [1.29, 1.82) is 0 Å². The molecule has 0 aliphatic carbocycles. The molecular weight excluding hydrogens is 428 g/mol. The van der Waals surface area contributed by atoms with Crippen LogP contribution in [0.15, 0.2) is 91.3 Å². The predicted molar refractivity (Wildman–Crippen MR) is 128 cm³/mol. The highest BCUT2D eigenvalue weighted by Crippen LogP contribution is 2.42. The van der Waals surface area contributed by atoms with Gasteiger partial charge in [-0.25, -0.2) is 0 Å². The van der Waals surface area contributed by atoms with E-state index in [4.69, 9.17) is 15.2 Å². The molecule has 3 aromatic carbocycles. The Kier molecular flexibility index (Phi) is 5.79. The van der Waals surface area contributed by atoms with E-state index in [2.05, 4.69) is 4.98 Å². The third kappa shape index (κ3) is 4.38. The van der Waals surface area contributed by atoms with Crippen LogP contribution in [0.2, 0.25) is 0 Å². The van der Waals surface area contributed by atoms with Crippen LogP contribution in [-0.4, -0.2) is 16.7 Å². The van der Waals surface area contributed by atoms with Gasteiger partial charge in [-0.3, -0.25) is 14.6 Å². The summed E-state index contributed by atoms with van der Waals surface area (Å²) in [5, 5.41) is 0. The van der Waals surface area contributed by atoms with Crippen molar-refractivity contribution in [2.24, 2.45) is 5.73 Å². The molecule has 0 saturated heterocycles. The molecule has 0 spiro atoms. The highest BCUT2D eigenvalue weighted by Gasteiger charge is 2.29. The van der Waals surface area contributed by atoms with Gasteiger partial charge in [0.1, 0.15) is 24.2 Å². The predicted octanol–water partition coefficient (Wildman–Crippen LogP) is 5.13. The molecule has 6 nitrogen and oxygen atoms in total. The Bertz CT molecular complexity index is 1350. The average Bonchev–Trinajstić information content (AvgIpc) is 2.88. The smallest absolute Gasteiger partial charge is 0.248 e. The first kappa shape index (κ1) is 21.4. The van der Waals surface area contributed by atoms with Crippen molar-refractivity contribution < 1.29 is 19.1 Å². The number of ketones is 1. The van der Waals surface area contributed by atoms with Crippen LogP contribution >= 0.6 is 0 Å². The summed E-state index contributed by atoms with van der Waals surface area (Å²) in [4.78, 5) is 28.9. The summed E-state index contributed by atoms with van der Waals surface area (Å²) in [5.74, 6) is 0.482. The third-order valence-electron chi connectivity index (χ3n) is 5.80. The van der Waals surface area contributed by atoms with E-state index in [0.29, 0.717) is 34.8 Å². The molecular formula is C28H22N2O4. The normalized spacial score (nSPS) is 14.7. The molecule has 34 heavy (non-hydrogen) atoms. The van der Waals surface area contributed by atoms with Crippen molar-refractivity contribution in [2.75, 3.05) is 0 Å². The quantitative estimate of drug-likeness (QED) is 0.440. The summed E-state index contributed by atoms with van der Waals surface area (Å²) in [5.41, 5.74) is 9.65. The van der Waals surface area contributed by atoms with E-state index in [1.165, 1.54) is 0 Å². The number of hydrogen-bond donors (Lipinski definition) is 1. The van der Waals surface area contributed by atoms with E-state index in [-0.39, 0.29) is 18.3 Å². The Labute approximate surface area is 197 Å². The van der Waals surface area contributed by atoms with Crippen LogP contribution in [-0.2, 0) is 6.61 Å².